The van der Waals surface area contributed by atoms with Crippen molar-refractivity contribution in [3.63, 3.8) is 0 Å². The molecule has 0 spiro atoms. The Hall–Kier alpha value is 2.48. The Morgan fingerprint density at radius 1 is 0.285 bits per heavy atom. The minimum absolute atomic E-state index is 0. The van der Waals surface area contributed by atoms with Crippen LogP contribution in [-0.4, -0.2) is 422 Å². The van der Waals surface area contributed by atoms with Gasteiger partial charge in [-0.1, -0.05) is 24.2 Å². The number of unbranched alkanes of at least 4 members (excludes halogenated alkanes) is 2. The second kappa shape index (κ2) is 78.5. The van der Waals surface area contributed by atoms with Crippen LogP contribution >= 0.6 is 0 Å². The fourth-order valence-electron chi connectivity index (χ4n) is 10.6. The van der Waals surface area contributed by atoms with E-state index in [2.05, 4.69) is 0 Å². The molecule has 58 nitrogen and oxygen atoms in total. The summed E-state index contributed by atoms with van der Waals surface area (Å²) in [5.74, 6) is 0. The van der Waals surface area contributed by atoms with E-state index in [9.17, 15) is 86.8 Å². The molecule has 0 aliphatic carbocycles. The molecule has 0 bridgehead atoms. The Balaban J connectivity index is -0.000000453. The van der Waals surface area contributed by atoms with E-state index in [0.717, 1.165) is 39.3 Å². The summed E-state index contributed by atoms with van der Waals surface area (Å²) in [6.45, 7) is 0.678. The van der Waals surface area contributed by atoms with E-state index in [4.69, 9.17) is 193 Å². The molecule has 8 saturated heterocycles. The topological polar surface area (TPSA) is 954 Å². The quantitative estimate of drug-likeness (QED) is 0.0242. The van der Waals surface area contributed by atoms with Gasteiger partial charge in [0.05, 0.1) is 75.3 Å². The number of nitrogens with two attached hydrogens (primary N) is 1. The van der Waals surface area contributed by atoms with Crippen LogP contribution in [-0.2, 0) is 157 Å². The van der Waals surface area contributed by atoms with Crippen molar-refractivity contribution in [3.8, 4) is 0 Å². The van der Waals surface area contributed by atoms with Gasteiger partial charge in [0.1, 0.15) is 98.4 Å². The molecule has 0 aromatic carbocycles. The number of carbonyl (C=O) groups excluding carboxylic acids is 8. The Morgan fingerprint density at radius 2 is 0.488 bits per heavy atom. The van der Waals surface area contributed by atoms with Crippen molar-refractivity contribution in [2.45, 2.75) is 240 Å². The van der Waals surface area contributed by atoms with Gasteiger partial charge in [0.15, 0.2) is 25.2 Å². The van der Waals surface area contributed by atoms with Crippen LogP contribution in [0.15, 0.2) is 0 Å². The number of ether oxygens (including phenoxy) is 16. The molecule has 123 heavy (non-hydrogen) atoms. The van der Waals surface area contributed by atoms with Crippen molar-refractivity contribution in [1.82, 2.24) is 0 Å². The maximum atomic E-state index is 11.3. The van der Waals surface area contributed by atoms with Crippen LogP contribution in [0.5, 0.6) is 0 Å². The van der Waals surface area contributed by atoms with Gasteiger partial charge in [0, 0.05) is 6.61 Å². The monoisotopic (exact) mass is 1950 g/mol. The number of hydrogen-bond donors (Lipinski definition) is 18. The second-order valence-corrected chi connectivity index (χ2v) is 24.7. The molecule has 0 amide bonds. The summed E-state index contributed by atoms with van der Waals surface area (Å²) < 4.78 is 191. The van der Waals surface area contributed by atoms with Crippen molar-refractivity contribution >= 4 is 67.0 Å². The predicted octanol–water partition coefficient (Wildman–Crippen LogP) is -40.2. The minimum atomic E-state index is -3.11. The van der Waals surface area contributed by atoms with E-state index in [1.165, 1.54) is 0 Å². The molecule has 8 aliphatic heterocycles. The molecular formula is C53H81N5Na8O53S4. The SMILES string of the molecule is O=C=O.O=C=O.O=C=O.O=C=O.O=S(=O)=O.O=S(=O)=O.O=S(=O)=O.O=S(=O)=O.[NH-]C1[C@@H](O[C@@H]2[CH-]O[C@@H](O[C@@H]3C(CO)O[C@H](O[C@@H]4[CH-]O[C@@H](O[C@@H]5C(CO)O[C@H](O[C@@H]6[CH-]O[C@@H](O[C@@H]7C(CO)O[C@H](O[C@@H]8[CH-]O[C@@H](OCCCCCN)C(O)[C@@H]8O)C([NH-])[C@H]7O)C(O)[C@@H]6O)C([NH-])[C@H]5O)C(O)[C@@H]4O)C([NH-])[C@H]3O)C(O)[C@@H]2O)OC(CO)[C@@H](O)[C@@H]1O.[Na+].[Na+].[Na+].[Na+].[Na+].[Na+].[Na+].[Na+]. The number of nitrogens with one attached hydrogen (secondary N) is 4. The third kappa shape index (κ3) is 49.9. The summed E-state index contributed by atoms with van der Waals surface area (Å²) in [5.41, 5.74) is 39.6. The van der Waals surface area contributed by atoms with Gasteiger partial charge in [0.25, 0.3) is 0 Å². The third-order valence-electron chi connectivity index (χ3n) is 15.9. The average Bonchev–Trinajstić information content (AvgIpc) is 0.784. The van der Waals surface area contributed by atoms with Crippen molar-refractivity contribution in [2.24, 2.45) is 5.73 Å². The van der Waals surface area contributed by atoms with E-state index in [1.807, 2.05) is 0 Å². The Morgan fingerprint density at radius 3 is 0.707 bits per heavy atom. The Bertz CT molecular complexity index is 3240. The van der Waals surface area contributed by atoms with Crippen molar-refractivity contribution in [2.75, 3.05) is 39.6 Å². The summed E-state index contributed by atoms with van der Waals surface area (Å²) in [6, 6.07) is -7.02. The molecule has 0 aromatic rings. The normalized spacial score (nSPS) is 37.2. The zero-order valence-corrected chi connectivity index (χ0v) is 85.2. The van der Waals surface area contributed by atoms with Crippen LogP contribution in [0.4, 0.5) is 0 Å². The van der Waals surface area contributed by atoms with Crippen molar-refractivity contribution in [3.05, 3.63) is 49.4 Å². The fraction of sp³-hybridized carbons (Fsp3) is 0.849. The average molecular weight is 1950 g/mol. The van der Waals surface area contributed by atoms with E-state index in [0.29, 0.717) is 13.0 Å². The van der Waals surface area contributed by atoms with Crippen LogP contribution in [0.25, 0.3) is 22.9 Å². The first-order chi connectivity index (χ1) is 54.1. The molecule has 12 unspecified atom stereocenters. The van der Waals surface area contributed by atoms with Crippen LogP contribution in [0.3, 0.4) is 0 Å². The second-order valence-electron chi connectivity index (χ2n) is 23.0. The third-order valence-corrected chi connectivity index (χ3v) is 15.9. The molecule has 0 radical (unpaired) electrons. The van der Waals surface area contributed by atoms with Gasteiger partial charge in [-0.05, 0) is 50.2 Å². The summed E-state index contributed by atoms with van der Waals surface area (Å²) in [4.78, 5) is 65.0. The van der Waals surface area contributed by atoms with E-state index in [1.54, 1.807) is 0 Å². The Kier molecular flexibility index (Phi) is 91.5. The Labute approximate surface area is 878 Å². The van der Waals surface area contributed by atoms with Crippen LogP contribution in [0, 0.1) is 26.4 Å². The molecule has 0 saturated carbocycles. The largest absolute Gasteiger partial charge is 1.00 e. The van der Waals surface area contributed by atoms with Crippen molar-refractivity contribution in [1.29, 1.82) is 0 Å². The molecule has 36 atom stereocenters. The smallest absolute Gasteiger partial charge is 0.668 e. The minimum Gasteiger partial charge on any atom is -0.668 e. The van der Waals surface area contributed by atoms with E-state index in [-0.39, 0.29) is 268 Å². The number of aliphatic hydroxyl groups excluding tert-OH is 17. The maximum absolute atomic E-state index is 11.3. The number of hydrogen-bond acceptors (Lipinski definition) is 54. The first-order valence-corrected chi connectivity index (χ1v) is 35.7. The molecule has 70 heteroatoms. The zero-order valence-electron chi connectivity index (χ0n) is 66.0. The maximum Gasteiger partial charge on any atom is 1.00 e. The summed E-state index contributed by atoms with van der Waals surface area (Å²) >= 11 is 0. The summed E-state index contributed by atoms with van der Waals surface area (Å²) in [5, 5.41) is 182. The van der Waals surface area contributed by atoms with E-state index < -0.39 is 290 Å². The molecule has 8 aliphatic rings. The number of rotatable bonds is 24. The summed E-state index contributed by atoms with van der Waals surface area (Å²) in [6.07, 6.45) is -52.0. The zero-order chi connectivity index (χ0) is 88.4. The fourth-order valence-corrected chi connectivity index (χ4v) is 10.6. The number of aliphatic hydroxyl groups is 17. The van der Waals surface area contributed by atoms with E-state index >= 15 is 0 Å². The van der Waals surface area contributed by atoms with Gasteiger partial charge in [-0.3, -0.25) is 0 Å². The first kappa shape index (κ1) is 143. The van der Waals surface area contributed by atoms with Crippen LogP contribution < -0.4 is 242 Å². The summed E-state index contributed by atoms with van der Waals surface area (Å²) in [7, 11) is -12.4. The van der Waals surface area contributed by atoms with Gasteiger partial charge >= 0.3 is 303 Å². The molecule has 23 N–H and O–H groups in total. The molecule has 8 rings (SSSR count). The molecule has 8 fully saturated rings. The van der Waals surface area contributed by atoms with Crippen LogP contribution in [0.1, 0.15) is 19.3 Å². The van der Waals surface area contributed by atoms with Gasteiger partial charge in [-0.25, -0.2) is 0 Å². The molecule has 668 valence electrons. The molecule has 8 heterocycles. The molecule has 0 aromatic heterocycles. The van der Waals surface area contributed by atoms with Crippen molar-refractivity contribution < 1.29 is 488 Å². The van der Waals surface area contributed by atoms with Gasteiger partial charge in [-0.2, -0.15) is 64.8 Å². The molecular weight excluding hydrogens is 1870 g/mol. The standard InChI is InChI=1S/C49H81N5O33.4CO2.8Na.4O3S/c50-4-2-1-3-5-72-46-35(68)27(60)18(10-73-46)82-43-23(52)32(65)39(15(7-56)78-43)86-48-37(70)29(62)20(12-75-48)84-45-25(54)34(67)41(17(9-58)80-45)87-49-38(71)30(63)21(13-76-49)83-44-24(53)33(66)40(16(8-57)79-44)85-47-36(69)28(61)19(11-74-47)81-42-22(51)31(64)26(59)14(6-55)77-42;4*2-1-3;;;;;;;;;4*1-4(2)3/h10-49,51-71H,1-9,50H2;;;;;;;;;;;;;;;;/q-8;;;;;8*+1;;;;/t14?,15?,16?,17?,18-,19-,20-,21-,22?,23?,24?,25?,26-,27-,28-,29-,30-,31-,32-,33-,34-,35?,36?,37?,38?,39-,40-,41-,42-,43-,44-,45-,46-,47+,48+,49+;;;;;;;;;;;;;;;;/m1................/s1. The first-order valence-electron chi connectivity index (χ1n) is 31.7. The van der Waals surface area contributed by atoms with Gasteiger partial charge < -0.3 is 191 Å². The van der Waals surface area contributed by atoms with Gasteiger partial charge in [0.2, 0.25) is 0 Å². The van der Waals surface area contributed by atoms with Gasteiger partial charge in [-0.15, -0.1) is 50.5 Å². The van der Waals surface area contributed by atoms with Crippen LogP contribution in [0.2, 0.25) is 0 Å². The predicted molar refractivity (Wildman–Crippen MR) is 332 cm³/mol.